The Hall–Kier alpha value is -1.02. The smallest absolute Gasteiger partial charge is 0.122 e. The molecule has 0 saturated heterocycles. The van der Waals surface area contributed by atoms with Gasteiger partial charge in [-0.1, -0.05) is 31.4 Å². The van der Waals surface area contributed by atoms with Crippen LogP contribution in [0, 0.1) is 19.8 Å². The first-order chi connectivity index (χ1) is 8.68. The second-order valence-electron chi connectivity index (χ2n) is 5.57. The van der Waals surface area contributed by atoms with Crippen molar-refractivity contribution in [2.24, 2.45) is 11.7 Å². The van der Waals surface area contributed by atoms with Crippen molar-refractivity contribution in [3.8, 4) is 5.75 Å². The Morgan fingerprint density at radius 1 is 1.22 bits per heavy atom. The molecule has 0 spiro atoms. The van der Waals surface area contributed by atoms with E-state index in [0.29, 0.717) is 12.5 Å². The summed E-state index contributed by atoms with van der Waals surface area (Å²) in [5.41, 5.74) is 8.77. The zero-order valence-electron chi connectivity index (χ0n) is 11.6. The Morgan fingerprint density at radius 2 is 1.94 bits per heavy atom. The minimum Gasteiger partial charge on any atom is -0.492 e. The van der Waals surface area contributed by atoms with E-state index in [0.717, 1.165) is 5.75 Å². The number of hydrogen-bond donors (Lipinski definition) is 1. The number of hydrogen-bond acceptors (Lipinski definition) is 2. The van der Waals surface area contributed by atoms with E-state index in [2.05, 4.69) is 19.9 Å². The van der Waals surface area contributed by atoms with Gasteiger partial charge in [-0.15, -0.1) is 0 Å². The highest BCUT2D eigenvalue weighted by Gasteiger charge is 2.21. The van der Waals surface area contributed by atoms with Crippen molar-refractivity contribution in [2.75, 3.05) is 6.61 Å². The van der Waals surface area contributed by atoms with E-state index in [1.54, 1.807) is 0 Å². The molecule has 0 aliphatic heterocycles. The van der Waals surface area contributed by atoms with Gasteiger partial charge >= 0.3 is 0 Å². The number of nitrogens with two attached hydrogens (primary N) is 1. The molecular weight excluding hydrogens is 222 g/mol. The summed E-state index contributed by atoms with van der Waals surface area (Å²) in [6.07, 6.45) is 6.60. The van der Waals surface area contributed by atoms with Gasteiger partial charge in [0.15, 0.2) is 0 Å². The fourth-order valence-corrected chi connectivity index (χ4v) is 2.76. The minimum atomic E-state index is 0.185. The highest BCUT2D eigenvalue weighted by atomic mass is 16.5. The summed E-state index contributed by atoms with van der Waals surface area (Å²) >= 11 is 0. The molecule has 2 nitrogen and oxygen atoms in total. The van der Waals surface area contributed by atoms with E-state index in [4.69, 9.17) is 10.5 Å². The first-order valence-electron chi connectivity index (χ1n) is 7.13. The molecule has 1 aliphatic rings. The Morgan fingerprint density at radius 3 is 2.67 bits per heavy atom. The van der Waals surface area contributed by atoms with Gasteiger partial charge in [-0.25, -0.2) is 0 Å². The number of benzene rings is 1. The van der Waals surface area contributed by atoms with Gasteiger partial charge in [0.2, 0.25) is 0 Å². The van der Waals surface area contributed by atoms with E-state index in [9.17, 15) is 0 Å². The molecular formula is C16H25NO. The van der Waals surface area contributed by atoms with E-state index < -0.39 is 0 Å². The van der Waals surface area contributed by atoms with Crippen molar-refractivity contribution in [3.05, 3.63) is 29.3 Å². The summed E-state index contributed by atoms with van der Waals surface area (Å²) in [7, 11) is 0. The van der Waals surface area contributed by atoms with E-state index in [1.807, 2.05) is 12.1 Å². The van der Waals surface area contributed by atoms with Gasteiger partial charge in [0.1, 0.15) is 12.4 Å². The largest absolute Gasteiger partial charge is 0.492 e. The van der Waals surface area contributed by atoms with Gasteiger partial charge in [0.05, 0.1) is 0 Å². The maximum atomic E-state index is 6.26. The van der Waals surface area contributed by atoms with E-state index in [1.165, 1.54) is 43.2 Å². The first-order valence-corrected chi connectivity index (χ1v) is 7.13. The third-order valence-electron chi connectivity index (χ3n) is 4.24. The fourth-order valence-electron chi connectivity index (χ4n) is 2.76. The maximum absolute atomic E-state index is 6.26. The van der Waals surface area contributed by atoms with Gasteiger partial charge in [0.25, 0.3) is 0 Å². The van der Waals surface area contributed by atoms with Crippen LogP contribution in [0.4, 0.5) is 0 Å². The van der Waals surface area contributed by atoms with Crippen molar-refractivity contribution < 1.29 is 4.74 Å². The lowest BCUT2D eigenvalue weighted by atomic mass is 9.84. The monoisotopic (exact) mass is 247 g/mol. The molecule has 1 unspecified atom stereocenters. The zero-order valence-corrected chi connectivity index (χ0v) is 11.6. The van der Waals surface area contributed by atoms with E-state index in [-0.39, 0.29) is 6.04 Å². The summed E-state index contributed by atoms with van der Waals surface area (Å²) in [6, 6.07) is 6.38. The third-order valence-corrected chi connectivity index (χ3v) is 4.24. The summed E-state index contributed by atoms with van der Waals surface area (Å²) in [5.74, 6) is 1.64. The molecule has 1 saturated carbocycles. The van der Waals surface area contributed by atoms with Crippen LogP contribution in [0.15, 0.2) is 18.2 Å². The topological polar surface area (TPSA) is 35.2 Å². The molecule has 1 atom stereocenters. The molecule has 2 N–H and O–H groups in total. The van der Waals surface area contributed by atoms with Crippen molar-refractivity contribution >= 4 is 0 Å². The van der Waals surface area contributed by atoms with Crippen molar-refractivity contribution in [2.45, 2.75) is 52.0 Å². The maximum Gasteiger partial charge on any atom is 0.122 e. The van der Waals surface area contributed by atoms with Crippen molar-refractivity contribution in [3.63, 3.8) is 0 Å². The van der Waals surface area contributed by atoms with Crippen LogP contribution >= 0.6 is 0 Å². The van der Waals surface area contributed by atoms with Crippen molar-refractivity contribution in [1.29, 1.82) is 0 Å². The van der Waals surface area contributed by atoms with E-state index >= 15 is 0 Å². The summed E-state index contributed by atoms with van der Waals surface area (Å²) in [4.78, 5) is 0. The third kappa shape index (κ3) is 3.26. The lowest BCUT2D eigenvalue weighted by Gasteiger charge is -2.27. The first kappa shape index (κ1) is 13.4. The van der Waals surface area contributed by atoms with Gasteiger partial charge in [-0.05, 0) is 49.8 Å². The second-order valence-corrected chi connectivity index (χ2v) is 5.57. The highest BCUT2D eigenvalue weighted by Crippen LogP contribution is 2.27. The SMILES string of the molecule is Cc1cccc(OCC(N)C2CCCCC2)c1C. The molecule has 2 rings (SSSR count). The fraction of sp³-hybridized carbons (Fsp3) is 0.625. The number of aryl methyl sites for hydroxylation is 1. The van der Waals surface area contributed by atoms with Gasteiger partial charge in [-0.2, -0.15) is 0 Å². The zero-order chi connectivity index (χ0) is 13.0. The van der Waals surface area contributed by atoms with Crippen molar-refractivity contribution in [1.82, 2.24) is 0 Å². The van der Waals surface area contributed by atoms with Gasteiger partial charge in [0, 0.05) is 6.04 Å². The van der Waals surface area contributed by atoms with Crippen LogP contribution in [0.5, 0.6) is 5.75 Å². The summed E-state index contributed by atoms with van der Waals surface area (Å²) < 4.78 is 5.91. The Bertz CT molecular complexity index is 383. The Kier molecular flexibility index (Phi) is 4.65. The molecule has 0 heterocycles. The summed E-state index contributed by atoms with van der Waals surface area (Å²) in [6.45, 7) is 4.87. The van der Waals surface area contributed by atoms with Crippen LogP contribution in [0.25, 0.3) is 0 Å². The molecule has 0 amide bonds. The predicted molar refractivity (Wildman–Crippen MR) is 76.0 cm³/mol. The Labute approximate surface area is 111 Å². The predicted octanol–water partition coefficient (Wildman–Crippen LogP) is 3.59. The van der Waals surface area contributed by atoms with Crippen LogP contribution in [-0.4, -0.2) is 12.6 Å². The average molecular weight is 247 g/mol. The normalized spacial score (nSPS) is 18.6. The van der Waals surface area contributed by atoms with Crippen LogP contribution in [0.1, 0.15) is 43.2 Å². The molecule has 1 aliphatic carbocycles. The van der Waals surface area contributed by atoms with Gasteiger partial charge < -0.3 is 10.5 Å². The van der Waals surface area contributed by atoms with Crippen LogP contribution in [-0.2, 0) is 0 Å². The lowest BCUT2D eigenvalue weighted by molar-refractivity contribution is 0.213. The summed E-state index contributed by atoms with van der Waals surface area (Å²) in [5, 5.41) is 0. The Balaban J connectivity index is 1.88. The van der Waals surface area contributed by atoms with Crippen LogP contribution < -0.4 is 10.5 Å². The van der Waals surface area contributed by atoms with Crippen LogP contribution in [0.3, 0.4) is 0 Å². The molecule has 100 valence electrons. The molecule has 0 radical (unpaired) electrons. The quantitative estimate of drug-likeness (QED) is 0.882. The minimum absolute atomic E-state index is 0.185. The lowest BCUT2D eigenvalue weighted by Crippen LogP contribution is -2.37. The van der Waals surface area contributed by atoms with Gasteiger partial charge in [-0.3, -0.25) is 0 Å². The van der Waals surface area contributed by atoms with Crippen LogP contribution in [0.2, 0.25) is 0 Å². The second kappa shape index (κ2) is 6.24. The molecule has 2 heteroatoms. The number of rotatable bonds is 4. The molecule has 1 aromatic carbocycles. The highest BCUT2D eigenvalue weighted by molar-refractivity contribution is 5.38. The molecule has 1 fully saturated rings. The number of ether oxygens (including phenoxy) is 1. The average Bonchev–Trinajstić information content (AvgIpc) is 2.41. The standard InChI is InChI=1S/C16H25NO/c1-12-7-6-10-16(13(12)2)18-11-15(17)14-8-4-3-5-9-14/h6-7,10,14-15H,3-5,8-9,11,17H2,1-2H3. The molecule has 1 aromatic rings. The molecule has 0 aromatic heterocycles. The molecule has 0 bridgehead atoms. The molecule has 18 heavy (non-hydrogen) atoms.